The van der Waals surface area contributed by atoms with Gasteiger partial charge in [0.25, 0.3) is 5.69 Å². The van der Waals surface area contributed by atoms with Gasteiger partial charge in [-0.15, -0.1) is 0 Å². The number of rotatable bonds is 8. The zero-order valence-electron chi connectivity index (χ0n) is 15.6. The average Bonchev–Trinajstić information content (AvgIpc) is 2.63. The summed E-state index contributed by atoms with van der Waals surface area (Å²) in [5, 5.41) is 20.8. The van der Waals surface area contributed by atoms with Gasteiger partial charge < -0.3 is 14.7 Å². The van der Waals surface area contributed by atoms with Crippen molar-refractivity contribution in [2.75, 3.05) is 0 Å². The van der Waals surface area contributed by atoms with Crippen LogP contribution >= 0.6 is 0 Å². The van der Waals surface area contributed by atoms with Crippen molar-refractivity contribution in [1.82, 2.24) is 4.90 Å². The van der Waals surface area contributed by atoms with Crippen LogP contribution in [0.25, 0.3) is 0 Å². The minimum absolute atomic E-state index is 0.128. The third-order valence-corrected chi connectivity index (χ3v) is 5.12. The highest BCUT2D eigenvalue weighted by molar-refractivity contribution is 6.07. The first-order valence-electron chi connectivity index (χ1n) is 8.41. The molecule has 1 N–H and O–H groups in total. The molecule has 2 unspecified atom stereocenters. The molecule has 150 valence electrons. The summed E-state index contributed by atoms with van der Waals surface area (Å²) in [4.78, 5) is 58.8. The fraction of sp³-hybridized carbons (Fsp3) is 0.444. The number of nitro benzene ring substituents is 1. The van der Waals surface area contributed by atoms with E-state index in [1.807, 2.05) is 0 Å². The van der Waals surface area contributed by atoms with Crippen LogP contribution in [0.5, 0.6) is 0 Å². The number of nitro groups is 1. The van der Waals surface area contributed by atoms with Gasteiger partial charge >= 0.3 is 5.97 Å². The van der Waals surface area contributed by atoms with E-state index in [-0.39, 0.29) is 18.7 Å². The molecule has 1 aliphatic heterocycles. The number of aliphatic hydroxyl groups is 1. The van der Waals surface area contributed by atoms with E-state index >= 15 is 0 Å². The summed E-state index contributed by atoms with van der Waals surface area (Å²) in [6.45, 7) is 3.51. The fourth-order valence-electron chi connectivity index (χ4n) is 2.99. The molecule has 1 saturated heterocycles. The number of aliphatic hydroxyl groups excluding tert-OH is 1. The number of hydrogen-bond acceptors (Lipinski definition) is 8. The minimum Gasteiger partial charge on any atom is -0.457 e. The molecule has 0 aromatic heterocycles. The van der Waals surface area contributed by atoms with Crippen molar-refractivity contribution >= 4 is 29.1 Å². The first-order valence-corrected chi connectivity index (χ1v) is 8.41. The van der Waals surface area contributed by atoms with Crippen LogP contribution in [0, 0.1) is 15.5 Å². The van der Waals surface area contributed by atoms with Crippen molar-refractivity contribution in [2.24, 2.45) is 5.41 Å². The van der Waals surface area contributed by atoms with Crippen molar-refractivity contribution in [1.29, 1.82) is 0 Å². The highest BCUT2D eigenvalue weighted by Gasteiger charge is 2.56. The Morgan fingerprint density at radius 3 is 2.25 bits per heavy atom. The molecule has 1 aliphatic rings. The maximum Gasteiger partial charge on any atom is 0.356 e. The van der Waals surface area contributed by atoms with Crippen LogP contribution in [0.1, 0.15) is 32.8 Å². The number of nitrogens with zero attached hydrogens (tertiary/aromatic N) is 2. The molecule has 1 amide bonds. The van der Waals surface area contributed by atoms with Gasteiger partial charge in [-0.2, -0.15) is 0 Å². The average molecular weight is 392 g/mol. The molecule has 1 fully saturated rings. The molecule has 0 aliphatic carbocycles. The summed E-state index contributed by atoms with van der Waals surface area (Å²) in [5.41, 5.74) is -1.22. The van der Waals surface area contributed by atoms with E-state index in [9.17, 15) is 34.4 Å². The topological polar surface area (TPSA) is 144 Å². The van der Waals surface area contributed by atoms with Crippen molar-refractivity contribution < 1.29 is 33.9 Å². The number of non-ortho nitro benzene ring substituents is 1. The van der Waals surface area contributed by atoms with Crippen LogP contribution in [0.4, 0.5) is 5.69 Å². The molecule has 0 spiro atoms. The van der Waals surface area contributed by atoms with Gasteiger partial charge in [0.1, 0.15) is 23.6 Å². The number of hydrogen-bond donors (Lipinski definition) is 1. The van der Waals surface area contributed by atoms with Crippen molar-refractivity contribution in [3.05, 3.63) is 39.9 Å². The Morgan fingerprint density at radius 2 is 1.82 bits per heavy atom. The smallest absolute Gasteiger partial charge is 0.356 e. The molecule has 28 heavy (non-hydrogen) atoms. The monoisotopic (exact) mass is 392 g/mol. The zero-order valence-corrected chi connectivity index (χ0v) is 15.6. The Kier molecular flexibility index (Phi) is 5.93. The lowest BCUT2D eigenvalue weighted by atomic mass is 9.70. The van der Waals surface area contributed by atoms with E-state index in [1.165, 1.54) is 45.0 Å². The van der Waals surface area contributed by atoms with Gasteiger partial charge in [0, 0.05) is 18.6 Å². The molecule has 10 nitrogen and oxygen atoms in total. The van der Waals surface area contributed by atoms with E-state index in [2.05, 4.69) is 0 Å². The van der Waals surface area contributed by atoms with E-state index < -0.39 is 46.1 Å². The summed E-state index contributed by atoms with van der Waals surface area (Å²) in [7, 11) is 0. The maximum absolute atomic E-state index is 12.1. The van der Waals surface area contributed by atoms with Gasteiger partial charge in [-0.1, -0.05) is 0 Å². The summed E-state index contributed by atoms with van der Waals surface area (Å²) < 4.78 is 4.95. The highest BCUT2D eigenvalue weighted by atomic mass is 16.6. The summed E-state index contributed by atoms with van der Waals surface area (Å²) >= 11 is 0. The van der Waals surface area contributed by atoms with Crippen molar-refractivity contribution in [3.8, 4) is 0 Å². The molecule has 1 aromatic carbocycles. The highest BCUT2D eigenvalue weighted by Crippen LogP contribution is 2.38. The van der Waals surface area contributed by atoms with Crippen LogP contribution in [-0.2, 0) is 30.5 Å². The number of carbonyl (C=O) groups excluding carboxylic acids is 4. The minimum atomic E-state index is -1.97. The molecule has 1 heterocycles. The van der Waals surface area contributed by atoms with Crippen LogP contribution < -0.4 is 0 Å². The van der Waals surface area contributed by atoms with Gasteiger partial charge in [-0.25, -0.2) is 4.79 Å². The summed E-state index contributed by atoms with van der Waals surface area (Å²) in [6.07, 6.45) is -2.12. The zero-order chi connectivity index (χ0) is 21.2. The Morgan fingerprint density at radius 1 is 1.29 bits per heavy atom. The van der Waals surface area contributed by atoms with Gasteiger partial charge in [0.15, 0.2) is 0 Å². The van der Waals surface area contributed by atoms with E-state index in [0.29, 0.717) is 5.56 Å². The predicted molar refractivity (Wildman–Crippen MR) is 93.6 cm³/mol. The number of carbonyl (C=O) groups is 4. The van der Waals surface area contributed by atoms with E-state index in [1.54, 1.807) is 0 Å². The standard InChI is InChI=1S/C18H20N2O8/c1-10(21)18(3,11(2)22)14-8-15(23)19(14)16(24)17(25)28-9-12-4-6-13(7-5-12)20(26)27/h4-7,14,16,24H,8-9H2,1-3H3. The summed E-state index contributed by atoms with van der Waals surface area (Å²) in [6, 6.07) is 4.30. The van der Waals surface area contributed by atoms with Crippen LogP contribution in [0.15, 0.2) is 24.3 Å². The van der Waals surface area contributed by atoms with Gasteiger partial charge in [0.2, 0.25) is 12.1 Å². The molecule has 0 bridgehead atoms. The van der Waals surface area contributed by atoms with Gasteiger partial charge in [-0.05, 0) is 38.5 Å². The fourth-order valence-corrected chi connectivity index (χ4v) is 2.99. The van der Waals surface area contributed by atoms with Crippen molar-refractivity contribution in [2.45, 2.75) is 46.1 Å². The first kappa shape index (κ1) is 21.2. The Balaban J connectivity index is 2.07. The molecule has 0 saturated carbocycles. The van der Waals surface area contributed by atoms with Gasteiger partial charge in [-0.3, -0.25) is 24.5 Å². The predicted octanol–water partition coefficient (Wildman–Crippen LogP) is 0.742. The van der Waals surface area contributed by atoms with Crippen LogP contribution in [0.3, 0.4) is 0 Å². The molecule has 10 heteroatoms. The number of β-lactam (4-membered cyclic amide) rings is 1. The lowest BCUT2D eigenvalue weighted by molar-refractivity contribution is -0.384. The third kappa shape index (κ3) is 3.77. The first-order chi connectivity index (χ1) is 13.0. The number of ether oxygens (including phenoxy) is 1. The number of Topliss-reactive ketones (excluding diaryl/α,β-unsaturated/α-hetero) is 2. The Bertz CT molecular complexity index is 818. The second kappa shape index (κ2) is 7.85. The lowest BCUT2D eigenvalue weighted by Crippen LogP contribution is -2.68. The lowest BCUT2D eigenvalue weighted by Gasteiger charge is -2.49. The molecule has 1 aromatic rings. The number of esters is 1. The number of ketones is 2. The van der Waals surface area contributed by atoms with E-state index in [0.717, 1.165) is 4.90 Å². The number of amides is 1. The van der Waals surface area contributed by atoms with Gasteiger partial charge in [0.05, 0.1) is 11.0 Å². The summed E-state index contributed by atoms with van der Waals surface area (Å²) in [5.74, 6) is -2.67. The Labute approximate surface area is 160 Å². The normalized spacial score (nSPS) is 17.5. The molecular weight excluding hydrogens is 372 g/mol. The third-order valence-electron chi connectivity index (χ3n) is 5.12. The number of likely N-dealkylation sites (tertiary alicyclic amines) is 1. The van der Waals surface area contributed by atoms with Crippen LogP contribution in [-0.4, -0.2) is 50.6 Å². The molecule has 2 atom stereocenters. The number of benzene rings is 1. The van der Waals surface area contributed by atoms with Crippen LogP contribution in [0.2, 0.25) is 0 Å². The quantitative estimate of drug-likeness (QED) is 0.224. The van der Waals surface area contributed by atoms with E-state index in [4.69, 9.17) is 4.74 Å². The SMILES string of the molecule is CC(=O)C(C)(C(C)=O)C1CC(=O)N1C(O)C(=O)OCc1ccc([N+](=O)[O-])cc1. The molecule has 2 rings (SSSR count). The maximum atomic E-state index is 12.1. The second-order valence-corrected chi connectivity index (χ2v) is 6.74. The second-order valence-electron chi connectivity index (χ2n) is 6.74. The van der Waals surface area contributed by atoms with Crippen molar-refractivity contribution in [3.63, 3.8) is 0 Å². The molecule has 0 radical (unpaired) electrons. The largest absolute Gasteiger partial charge is 0.457 e. The Hall–Kier alpha value is -3.14. The molecular formula is C18H20N2O8.